The van der Waals surface area contributed by atoms with Crippen LogP contribution in [0.2, 0.25) is 0 Å². The number of nitrogens with zero attached hydrogens (tertiary/aromatic N) is 2. The highest BCUT2D eigenvalue weighted by Gasteiger charge is 2.50. The Labute approximate surface area is 153 Å². The molecule has 1 N–H and O–H groups in total. The van der Waals surface area contributed by atoms with E-state index in [4.69, 9.17) is 0 Å². The predicted molar refractivity (Wildman–Crippen MR) is 90.0 cm³/mol. The lowest BCUT2D eigenvalue weighted by Gasteiger charge is -2.52. The van der Waals surface area contributed by atoms with E-state index in [1.54, 1.807) is 0 Å². The van der Waals surface area contributed by atoms with Gasteiger partial charge >= 0.3 is 6.18 Å². The van der Waals surface area contributed by atoms with Gasteiger partial charge in [0.1, 0.15) is 0 Å². The first-order chi connectivity index (χ1) is 12.8. The van der Waals surface area contributed by atoms with Crippen molar-refractivity contribution in [3.63, 3.8) is 0 Å². The molecule has 3 nitrogen and oxygen atoms in total. The molecule has 1 aliphatic heterocycles. The minimum Gasteiger partial charge on any atom is -0.317 e. The number of para-hydroxylation sites is 1. The average Bonchev–Trinajstić information content (AvgIpc) is 3.05. The van der Waals surface area contributed by atoms with E-state index in [-0.39, 0.29) is 28.3 Å². The Hall–Kier alpha value is -1.96. The Kier molecular flexibility index (Phi) is 4.49. The number of alkyl halides is 5. The van der Waals surface area contributed by atoms with Crippen molar-refractivity contribution >= 4 is 0 Å². The number of aromatic nitrogens is 2. The molecule has 1 atom stereocenters. The van der Waals surface area contributed by atoms with Crippen molar-refractivity contribution in [2.45, 2.75) is 44.2 Å². The molecule has 1 aliphatic carbocycles. The van der Waals surface area contributed by atoms with Gasteiger partial charge in [0, 0.05) is 5.92 Å². The topological polar surface area (TPSA) is 29.9 Å². The number of hydrogen-bond donors (Lipinski definition) is 1. The zero-order valence-corrected chi connectivity index (χ0v) is 14.6. The van der Waals surface area contributed by atoms with Crippen LogP contribution >= 0.6 is 0 Å². The summed E-state index contributed by atoms with van der Waals surface area (Å²) in [6.07, 6.45) is -3.05. The van der Waals surface area contributed by atoms with Crippen molar-refractivity contribution in [1.29, 1.82) is 0 Å². The van der Waals surface area contributed by atoms with Crippen LogP contribution in [0.15, 0.2) is 30.5 Å². The summed E-state index contributed by atoms with van der Waals surface area (Å²) in [6.45, 7) is 1.60. The third-order valence-corrected chi connectivity index (χ3v) is 6.11. The lowest BCUT2D eigenvalue weighted by molar-refractivity contribution is -0.137. The van der Waals surface area contributed by atoms with Gasteiger partial charge in [-0.25, -0.2) is 13.5 Å². The van der Waals surface area contributed by atoms with Gasteiger partial charge in [0.2, 0.25) is 0 Å². The molecule has 2 heterocycles. The second-order valence-electron chi connectivity index (χ2n) is 7.42. The van der Waals surface area contributed by atoms with E-state index in [9.17, 15) is 22.0 Å². The molecule has 1 aromatic heterocycles. The molecular formula is C19H20F5N3. The maximum atomic E-state index is 13.7. The summed E-state index contributed by atoms with van der Waals surface area (Å²) in [6, 6.07) is 5.02. The molecule has 2 aliphatic rings. The van der Waals surface area contributed by atoms with Crippen LogP contribution in [0.5, 0.6) is 0 Å². The lowest BCUT2D eigenvalue weighted by Crippen LogP contribution is -2.47. The fourth-order valence-electron chi connectivity index (χ4n) is 4.62. The van der Waals surface area contributed by atoms with E-state index in [0.29, 0.717) is 6.42 Å². The first kappa shape index (κ1) is 18.4. The van der Waals surface area contributed by atoms with Crippen LogP contribution in [-0.2, 0) is 6.18 Å². The van der Waals surface area contributed by atoms with E-state index in [1.807, 2.05) is 0 Å². The molecule has 1 unspecified atom stereocenters. The second-order valence-corrected chi connectivity index (χ2v) is 7.42. The quantitative estimate of drug-likeness (QED) is 0.747. The average molecular weight is 385 g/mol. The Morgan fingerprint density at radius 1 is 1.11 bits per heavy atom. The molecular weight excluding hydrogens is 365 g/mol. The highest BCUT2D eigenvalue weighted by molar-refractivity contribution is 5.46. The summed E-state index contributed by atoms with van der Waals surface area (Å²) in [5.74, 6) is -0.201. The molecule has 1 aromatic carbocycles. The summed E-state index contributed by atoms with van der Waals surface area (Å²) in [4.78, 5) is 0. The van der Waals surface area contributed by atoms with Crippen molar-refractivity contribution in [1.82, 2.24) is 15.1 Å². The third kappa shape index (κ3) is 3.03. The molecule has 0 amide bonds. The van der Waals surface area contributed by atoms with E-state index < -0.39 is 18.2 Å². The summed E-state index contributed by atoms with van der Waals surface area (Å²) >= 11 is 0. The van der Waals surface area contributed by atoms with Gasteiger partial charge in [-0.2, -0.15) is 18.3 Å². The van der Waals surface area contributed by atoms with Crippen LogP contribution in [0.25, 0.3) is 5.69 Å². The number of hydrogen-bond acceptors (Lipinski definition) is 2. The lowest BCUT2D eigenvalue weighted by atomic mass is 9.54. The minimum atomic E-state index is -4.59. The largest absolute Gasteiger partial charge is 0.418 e. The molecule has 2 aromatic rings. The van der Waals surface area contributed by atoms with E-state index in [1.165, 1.54) is 18.2 Å². The van der Waals surface area contributed by atoms with Crippen LogP contribution in [-0.4, -0.2) is 22.9 Å². The maximum absolute atomic E-state index is 13.7. The minimum absolute atomic E-state index is 0.125. The fourth-order valence-corrected chi connectivity index (χ4v) is 4.62. The predicted octanol–water partition coefficient (Wildman–Crippen LogP) is 5.08. The van der Waals surface area contributed by atoms with Crippen LogP contribution < -0.4 is 5.32 Å². The molecule has 1 saturated heterocycles. The fraction of sp³-hybridized carbons (Fsp3) is 0.526. The first-order valence-electron chi connectivity index (χ1n) is 9.07. The molecule has 0 radical (unpaired) electrons. The van der Waals surface area contributed by atoms with Crippen molar-refractivity contribution in [2.75, 3.05) is 13.1 Å². The van der Waals surface area contributed by atoms with Crippen LogP contribution in [0, 0.1) is 5.41 Å². The second kappa shape index (κ2) is 6.58. The molecule has 0 bridgehead atoms. The summed E-state index contributed by atoms with van der Waals surface area (Å²) in [5.41, 5.74) is -1.19. The Morgan fingerprint density at radius 2 is 1.81 bits per heavy atom. The van der Waals surface area contributed by atoms with Crippen LogP contribution in [0.4, 0.5) is 22.0 Å². The SMILES string of the molecule is FC(F)c1cnn(-c2ccccc2C(F)(F)F)c1C1CCC12CCNCC2. The van der Waals surface area contributed by atoms with Gasteiger partial charge in [0.05, 0.1) is 28.7 Å². The molecule has 1 spiro atoms. The van der Waals surface area contributed by atoms with Gasteiger partial charge in [-0.3, -0.25) is 0 Å². The number of benzene rings is 1. The Morgan fingerprint density at radius 3 is 2.41 bits per heavy atom. The summed E-state index contributed by atoms with van der Waals surface area (Å²) in [5, 5.41) is 7.25. The number of rotatable bonds is 3. The van der Waals surface area contributed by atoms with Gasteiger partial charge in [-0.05, 0) is 56.3 Å². The number of halogens is 5. The maximum Gasteiger partial charge on any atom is 0.418 e. The summed E-state index contributed by atoms with van der Waals surface area (Å²) in [7, 11) is 0. The van der Waals surface area contributed by atoms with E-state index in [0.717, 1.165) is 49.3 Å². The van der Waals surface area contributed by atoms with Crippen molar-refractivity contribution < 1.29 is 22.0 Å². The Bertz CT molecular complexity index is 821. The van der Waals surface area contributed by atoms with E-state index >= 15 is 0 Å². The molecule has 8 heteroatoms. The van der Waals surface area contributed by atoms with Gasteiger partial charge in [-0.15, -0.1) is 0 Å². The van der Waals surface area contributed by atoms with E-state index in [2.05, 4.69) is 10.4 Å². The monoisotopic (exact) mass is 385 g/mol. The smallest absolute Gasteiger partial charge is 0.317 e. The highest BCUT2D eigenvalue weighted by atomic mass is 19.4. The number of nitrogens with one attached hydrogen (secondary N) is 1. The summed E-state index contributed by atoms with van der Waals surface area (Å²) < 4.78 is 68.9. The third-order valence-electron chi connectivity index (χ3n) is 6.11. The molecule has 2 fully saturated rings. The van der Waals surface area contributed by atoms with Gasteiger partial charge in [0.15, 0.2) is 0 Å². The first-order valence-corrected chi connectivity index (χ1v) is 9.07. The number of piperidine rings is 1. The Balaban J connectivity index is 1.85. The van der Waals surface area contributed by atoms with Crippen molar-refractivity contribution in [3.05, 3.63) is 47.3 Å². The standard InChI is InChI=1S/C19H20F5N3/c20-17(21)12-11-26-27(15-4-2-1-3-13(15)19(22,23)24)16(12)14-5-6-18(14)7-9-25-10-8-18/h1-4,11,14,17,25H,5-10H2. The van der Waals surface area contributed by atoms with Crippen LogP contribution in [0.1, 0.15) is 54.8 Å². The molecule has 27 heavy (non-hydrogen) atoms. The normalized spacial score (nSPS) is 22.2. The molecule has 1 saturated carbocycles. The molecule has 4 rings (SSSR count). The van der Waals surface area contributed by atoms with Crippen LogP contribution in [0.3, 0.4) is 0 Å². The zero-order chi connectivity index (χ0) is 19.2. The van der Waals surface area contributed by atoms with Crippen molar-refractivity contribution in [3.8, 4) is 5.69 Å². The highest BCUT2D eigenvalue weighted by Crippen LogP contribution is 2.59. The van der Waals surface area contributed by atoms with Crippen molar-refractivity contribution in [2.24, 2.45) is 5.41 Å². The zero-order valence-electron chi connectivity index (χ0n) is 14.6. The molecule has 146 valence electrons. The van der Waals surface area contributed by atoms with Gasteiger partial charge in [0.25, 0.3) is 6.43 Å². The van der Waals surface area contributed by atoms with Gasteiger partial charge < -0.3 is 5.32 Å². The van der Waals surface area contributed by atoms with Gasteiger partial charge in [-0.1, -0.05) is 12.1 Å².